The third kappa shape index (κ3) is 2.90. The molecule has 2 nitrogen and oxygen atoms in total. The van der Waals surface area contributed by atoms with Crippen LogP contribution in [0.3, 0.4) is 0 Å². The van der Waals surface area contributed by atoms with Gasteiger partial charge in [0, 0.05) is 16.6 Å². The largest absolute Gasteiger partial charge is 0.466 e. The summed E-state index contributed by atoms with van der Waals surface area (Å²) in [6, 6.07) is 9.75. The van der Waals surface area contributed by atoms with Crippen LogP contribution in [0, 0.1) is 13.8 Å². The van der Waals surface area contributed by atoms with Crippen molar-refractivity contribution in [2.45, 2.75) is 26.3 Å². The molecule has 0 fully saturated rings. The van der Waals surface area contributed by atoms with Gasteiger partial charge in [-0.2, -0.15) is 0 Å². The van der Waals surface area contributed by atoms with E-state index in [1.807, 2.05) is 44.2 Å². The summed E-state index contributed by atoms with van der Waals surface area (Å²) in [5.41, 5.74) is 8.40. The molecule has 17 heavy (non-hydrogen) atoms. The molecule has 1 heterocycles. The summed E-state index contributed by atoms with van der Waals surface area (Å²) in [5, 5.41) is 0.745. The van der Waals surface area contributed by atoms with Gasteiger partial charge in [0.15, 0.2) is 0 Å². The minimum atomic E-state index is -0.0501. The number of benzene rings is 1. The third-order valence-corrected chi connectivity index (χ3v) is 3.06. The van der Waals surface area contributed by atoms with Gasteiger partial charge >= 0.3 is 0 Å². The normalized spacial score (nSPS) is 12.7. The zero-order valence-electron chi connectivity index (χ0n) is 10.0. The summed E-state index contributed by atoms with van der Waals surface area (Å²) < 4.78 is 5.49. The van der Waals surface area contributed by atoms with Crippen molar-refractivity contribution >= 4 is 11.6 Å². The molecule has 1 aromatic heterocycles. The van der Waals surface area contributed by atoms with Crippen LogP contribution in [-0.4, -0.2) is 0 Å². The number of aryl methyl sites for hydroxylation is 2. The van der Waals surface area contributed by atoms with Crippen LogP contribution in [0.5, 0.6) is 0 Å². The number of rotatable bonds is 3. The average molecular weight is 250 g/mol. The van der Waals surface area contributed by atoms with Crippen molar-refractivity contribution < 1.29 is 4.42 Å². The smallest absolute Gasteiger partial charge is 0.105 e. The molecule has 1 aromatic carbocycles. The topological polar surface area (TPSA) is 39.2 Å². The lowest BCUT2D eigenvalue weighted by Gasteiger charge is -2.10. The van der Waals surface area contributed by atoms with Crippen LogP contribution in [0.2, 0.25) is 5.02 Å². The van der Waals surface area contributed by atoms with Crippen LogP contribution in [0.1, 0.15) is 28.7 Å². The Hall–Kier alpha value is -1.25. The van der Waals surface area contributed by atoms with Crippen LogP contribution in [0.15, 0.2) is 34.7 Å². The van der Waals surface area contributed by atoms with Crippen molar-refractivity contribution in [1.82, 2.24) is 0 Å². The second kappa shape index (κ2) is 4.94. The highest BCUT2D eigenvalue weighted by atomic mass is 35.5. The number of hydrogen-bond donors (Lipinski definition) is 1. The summed E-state index contributed by atoms with van der Waals surface area (Å²) in [6.07, 6.45) is 0.764. The molecule has 2 N–H and O–H groups in total. The number of halogens is 1. The van der Waals surface area contributed by atoms with E-state index in [0.717, 1.165) is 34.1 Å². The summed E-state index contributed by atoms with van der Waals surface area (Å²) >= 11 is 5.95. The summed E-state index contributed by atoms with van der Waals surface area (Å²) in [4.78, 5) is 0. The quantitative estimate of drug-likeness (QED) is 0.899. The maximum Gasteiger partial charge on any atom is 0.105 e. The van der Waals surface area contributed by atoms with Gasteiger partial charge in [0.2, 0.25) is 0 Å². The highest BCUT2D eigenvalue weighted by Crippen LogP contribution is 2.23. The minimum absolute atomic E-state index is 0.0501. The summed E-state index contributed by atoms with van der Waals surface area (Å²) in [7, 11) is 0. The van der Waals surface area contributed by atoms with Gasteiger partial charge in [-0.1, -0.05) is 23.7 Å². The highest BCUT2D eigenvalue weighted by Gasteiger charge is 2.13. The van der Waals surface area contributed by atoms with E-state index in [4.69, 9.17) is 21.8 Å². The molecule has 1 unspecified atom stereocenters. The van der Waals surface area contributed by atoms with Gasteiger partial charge in [-0.3, -0.25) is 0 Å². The Bertz CT molecular complexity index is 519. The highest BCUT2D eigenvalue weighted by molar-refractivity contribution is 6.30. The first-order valence-electron chi connectivity index (χ1n) is 5.63. The van der Waals surface area contributed by atoms with E-state index in [2.05, 4.69) is 0 Å². The van der Waals surface area contributed by atoms with Gasteiger partial charge in [0.05, 0.1) is 0 Å². The second-order valence-electron chi connectivity index (χ2n) is 4.31. The Morgan fingerprint density at radius 1 is 1.29 bits per heavy atom. The van der Waals surface area contributed by atoms with Gasteiger partial charge in [0.1, 0.15) is 11.5 Å². The van der Waals surface area contributed by atoms with E-state index in [-0.39, 0.29) is 6.04 Å². The van der Waals surface area contributed by atoms with E-state index < -0.39 is 0 Å². The first-order valence-corrected chi connectivity index (χ1v) is 6.01. The van der Waals surface area contributed by atoms with Crippen molar-refractivity contribution in [3.8, 4) is 0 Å². The van der Waals surface area contributed by atoms with Crippen LogP contribution in [-0.2, 0) is 6.42 Å². The first-order chi connectivity index (χ1) is 8.06. The molecule has 2 aromatic rings. The van der Waals surface area contributed by atoms with Gasteiger partial charge < -0.3 is 10.2 Å². The zero-order chi connectivity index (χ0) is 12.4. The van der Waals surface area contributed by atoms with Crippen LogP contribution >= 0.6 is 11.6 Å². The van der Waals surface area contributed by atoms with Crippen molar-refractivity contribution in [3.05, 3.63) is 58.0 Å². The SMILES string of the molecule is Cc1cc(C(N)Cc2cccc(Cl)c2)c(C)o1. The fourth-order valence-corrected chi connectivity index (χ4v) is 2.26. The molecule has 1 atom stereocenters. The monoisotopic (exact) mass is 249 g/mol. The minimum Gasteiger partial charge on any atom is -0.466 e. The predicted octanol–water partition coefficient (Wildman–Crippen LogP) is 3.79. The van der Waals surface area contributed by atoms with Gasteiger partial charge in [-0.05, 0) is 44.0 Å². The first kappa shape index (κ1) is 12.2. The number of hydrogen-bond acceptors (Lipinski definition) is 2. The molecular weight excluding hydrogens is 234 g/mol. The van der Waals surface area contributed by atoms with Crippen LogP contribution < -0.4 is 5.73 Å². The Balaban J connectivity index is 2.16. The molecule has 0 spiro atoms. The number of furan rings is 1. The Morgan fingerprint density at radius 3 is 2.65 bits per heavy atom. The molecule has 3 heteroatoms. The Morgan fingerprint density at radius 2 is 2.06 bits per heavy atom. The van der Waals surface area contributed by atoms with E-state index >= 15 is 0 Å². The van der Waals surface area contributed by atoms with E-state index in [9.17, 15) is 0 Å². The lowest BCUT2D eigenvalue weighted by atomic mass is 10.00. The maximum atomic E-state index is 6.19. The molecule has 0 saturated heterocycles. The predicted molar refractivity (Wildman–Crippen MR) is 70.3 cm³/mol. The Kier molecular flexibility index (Phi) is 3.55. The fourth-order valence-electron chi connectivity index (χ4n) is 2.05. The molecule has 0 aliphatic heterocycles. The summed E-state index contributed by atoms with van der Waals surface area (Å²) in [5.74, 6) is 1.80. The molecule has 90 valence electrons. The fraction of sp³-hybridized carbons (Fsp3) is 0.286. The van der Waals surface area contributed by atoms with E-state index in [1.165, 1.54) is 0 Å². The lowest BCUT2D eigenvalue weighted by molar-refractivity contribution is 0.497. The van der Waals surface area contributed by atoms with Crippen molar-refractivity contribution in [3.63, 3.8) is 0 Å². The molecule has 0 saturated carbocycles. The standard InChI is InChI=1S/C14H16ClNO/c1-9-6-13(10(2)17-9)14(16)8-11-4-3-5-12(15)7-11/h3-7,14H,8,16H2,1-2H3. The summed E-state index contributed by atoms with van der Waals surface area (Å²) in [6.45, 7) is 3.88. The molecule has 0 aliphatic rings. The maximum absolute atomic E-state index is 6.19. The third-order valence-electron chi connectivity index (χ3n) is 2.82. The van der Waals surface area contributed by atoms with Crippen molar-refractivity contribution in [2.75, 3.05) is 0 Å². The molecule has 0 amide bonds. The molecule has 2 rings (SSSR count). The van der Waals surface area contributed by atoms with Crippen LogP contribution in [0.4, 0.5) is 0 Å². The van der Waals surface area contributed by atoms with Crippen molar-refractivity contribution in [2.24, 2.45) is 5.73 Å². The molecule has 0 aliphatic carbocycles. The van der Waals surface area contributed by atoms with E-state index in [0.29, 0.717) is 0 Å². The average Bonchev–Trinajstić information content (AvgIpc) is 2.58. The van der Waals surface area contributed by atoms with Crippen LogP contribution in [0.25, 0.3) is 0 Å². The zero-order valence-corrected chi connectivity index (χ0v) is 10.8. The molecule has 0 bridgehead atoms. The van der Waals surface area contributed by atoms with Gasteiger partial charge in [-0.25, -0.2) is 0 Å². The number of nitrogens with two attached hydrogens (primary N) is 1. The lowest BCUT2D eigenvalue weighted by Crippen LogP contribution is -2.13. The van der Waals surface area contributed by atoms with Gasteiger partial charge in [0.25, 0.3) is 0 Å². The Labute approximate surface area is 106 Å². The molecular formula is C14H16ClNO. The van der Waals surface area contributed by atoms with Gasteiger partial charge in [-0.15, -0.1) is 0 Å². The van der Waals surface area contributed by atoms with Crippen molar-refractivity contribution in [1.29, 1.82) is 0 Å². The second-order valence-corrected chi connectivity index (χ2v) is 4.75. The molecule has 0 radical (unpaired) electrons. The van der Waals surface area contributed by atoms with E-state index in [1.54, 1.807) is 0 Å².